The van der Waals surface area contributed by atoms with E-state index in [1.54, 1.807) is 0 Å². The molecule has 2 nitrogen and oxygen atoms in total. The number of hydrogen-bond acceptors (Lipinski definition) is 2. The van der Waals surface area contributed by atoms with Gasteiger partial charge >= 0.3 is 0 Å². The lowest BCUT2D eigenvalue weighted by Crippen LogP contribution is -2.23. The van der Waals surface area contributed by atoms with E-state index in [9.17, 15) is 22.2 Å². The van der Waals surface area contributed by atoms with Crippen LogP contribution in [0.3, 0.4) is 0 Å². The molecule has 0 aliphatic heterocycles. The number of ketones is 1. The Morgan fingerprint density at radius 3 is 2.19 bits per heavy atom. The third-order valence-corrected chi connectivity index (χ3v) is 4.52. The molecule has 0 fully saturated rings. The van der Waals surface area contributed by atoms with Crippen molar-refractivity contribution in [2.45, 2.75) is 17.1 Å². The van der Waals surface area contributed by atoms with Gasteiger partial charge < -0.3 is 0 Å². The molecule has 0 radical (unpaired) electrons. The molecule has 0 saturated heterocycles. The first-order chi connectivity index (χ1) is 9.90. The largest absolute Gasteiger partial charge is 0.293 e. The Labute approximate surface area is 122 Å². The zero-order chi connectivity index (χ0) is 15.6. The molecule has 0 aromatic heterocycles. The van der Waals surface area contributed by atoms with E-state index in [0.717, 1.165) is 24.3 Å². The maximum absolute atomic E-state index is 13.1. The van der Waals surface area contributed by atoms with Gasteiger partial charge in [-0.3, -0.25) is 9.00 Å². The fourth-order valence-electron chi connectivity index (χ4n) is 1.75. The summed E-state index contributed by atoms with van der Waals surface area (Å²) in [5.74, 6) is -3.12. The molecule has 0 N–H and O–H groups in total. The summed E-state index contributed by atoms with van der Waals surface area (Å²) < 4.78 is 51.0. The molecule has 0 spiro atoms. The summed E-state index contributed by atoms with van der Waals surface area (Å²) >= 11 is 0. The fourth-order valence-corrected chi connectivity index (χ4v) is 2.91. The van der Waals surface area contributed by atoms with Crippen molar-refractivity contribution in [2.24, 2.45) is 0 Å². The predicted molar refractivity (Wildman–Crippen MR) is 73.0 cm³/mol. The molecule has 0 heterocycles. The molecule has 21 heavy (non-hydrogen) atoms. The van der Waals surface area contributed by atoms with Crippen LogP contribution in [-0.2, 0) is 10.8 Å². The number of carbonyl (C=O) groups excluding carboxylic acids is 1. The molecule has 2 atom stereocenters. The second-order valence-electron chi connectivity index (χ2n) is 4.39. The average molecular weight is 312 g/mol. The van der Waals surface area contributed by atoms with E-state index in [1.165, 1.54) is 25.1 Å². The van der Waals surface area contributed by atoms with Crippen LogP contribution >= 0.6 is 0 Å². The van der Waals surface area contributed by atoms with Crippen LogP contribution in [0.5, 0.6) is 0 Å². The number of rotatable bonds is 4. The van der Waals surface area contributed by atoms with Crippen LogP contribution in [-0.4, -0.2) is 15.2 Å². The van der Waals surface area contributed by atoms with Crippen molar-refractivity contribution in [1.82, 2.24) is 0 Å². The zero-order valence-electron chi connectivity index (χ0n) is 11.0. The number of Topliss-reactive ketones (excluding diaryl/α,β-unsaturated/α-hetero) is 1. The van der Waals surface area contributed by atoms with Crippen LogP contribution in [0.4, 0.5) is 13.2 Å². The van der Waals surface area contributed by atoms with E-state index in [4.69, 9.17) is 0 Å². The van der Waals surface area contributed by atoms with E-state index in [-0.39, 0.29) is 10.5 Å². The number of carbonyl (C=O) groups is 1. The van der Waals surface area contributed by atoms with Crippen LogP contribution < -0.4 is 0 Å². The van der Waals surface area contributed by atoms with Crippen molar-refractivity contribution in [3.63, 3.8) is 0 Å². The summed E-state index contributed by atoms with van der Waals surface area (Å²) in [5.41, 5.74) is 0.208. The van der Waals surface area contributed by atoms with E-state index in [0.29, 0.717) is 0 Å². The Morgan fingerprint density at radius 2 is 1.62 bits per heavy atom. The minimum absolute atomic E-state index is 0.0249. The Bertz CT molecular complexity index is 699. The number of halogens is 3. The maximum Gasteiger partial charge on any atom is 0.178 e. The third-order valence-electron chi connectivity index (χ3n) is 2.94. The fraction of sp³-hybridized carbons (Fsp3) is 0.133. The lowest BCUT2D eigenvalue weighted by molar-refractivity contribution is 0.0992. The van der Waals surface area contributed by atoms with Crippen molar-refractivity contribution in [3.8, 4) is 0 Å². The molecular formula is C15H11F3O2S. The molecule has 0 bridgehead atoms. The standard InChI is InChI=1S/C15H11F3O2S/c1-9(15(19)10-2-4-11(16)5-3-10)21(20)12-6-7-13(17)14(18)8-12/h2-9H,1H3. The SMILES string of the molecule is CC(C(=O)c1ccc(F)cc1)S(=O)c1ccc(F)c(F)c1. The van der Waals surface area contributed by atoms with Gasteiger partial charge in [-0.25, -0.2) is 13.2 Å². The summed E-state index contributed by atoms with van der Waals surface area (Å²) in [6, 6.07) is 7.66. The maximum atomic E-state index is 13.1. The minimum atomic E-state index is -1.83. The molecule has 0 aliphatic rings. The van der Waals surface area contributed by atoms with Crippen molar-refractivity contribution in [2.75, 3.05) is 0 Å². The Morgan fingerprint density at radius 1 is 1.00 bits per heavy atom. The lowest BCUT2D eigenvalue weighted by Gasteiger charge is -2.11. The van der Waals surface area contributed by atoms with Gasteiger partial charge in [0.05, 0.1) is 16.0 Å². The summed E-state index contributed by atoms with van der Waals surface area (Å²) in [5, 5.41) is -0.958. The summed E-state index contributed by atoms with van der Waals surface area (Å²) in [4.78, 5) is 12.2. The Kier molecular flexibility index (Phi) is 4.57. The highest BCUT2D eigenvalue weighted by molar-refractivity contribution is 7.86. The minimum Gasteiger partial charge on any atom is -0.293 e. The molecule has 0 saturated carbocycles. The molecule has 0 amide bonds. The lowest BCUT2D eigenvalue weighted by atomic mass is 10.1. The van der Waals surface area contributed by atoms with Crippen LogP contribution in [0.2, 0.25) is 0 Å². The van der Waals surface area contributed by atoms with Crippen LogP contribution in [0, 0.1) is 17.5 Å². The van der Waals surface area contributed by atoms with Gasteiger partial charge in [-0.05, 0) is 49.4 Å². The van der Waals surface area contributed by atoms with Crippen LogP contribution in [0.1, 0.15) is 17.3 Å². The molecule has 2 rings (SSSR count). The molecule has 2 aromatic rings. The molecule has 2 aromatic carbocycles. The van der Waals surface area contributed by atoms with Crippen LogP contribution in [0.25, 0.3) is 0 Å². The highest BCUT2D eigenvalue weighted by atomic mass is 32.2. The van der Waals surface area contributed by atoms with Gasteiger partial charge in [0.1, 0.15) is 5.82 Å². The van der Waals surface area contributed by atoms with Crippen molar-refractivity contribution in [1.29, 1.82) is 0 Å². The normalized spacial score (nSPS) is 13.7. The van der Waals surface area contributed by atoms with Crippen molar-refractivity contribution in [3.05, 3.63) is 65.5 Å². The predicted octanol–water partition coefficient (Wildman–Crippen LogP) is 3.48. The van der Waals surface area contributed by atoms with Gasteiger partial charge in [0.2, 0.25) is 0 Å². The van der Waals surface area contributed by atoms with Crippen LogP contribution in [0.15, 0.2) is 47.4 Å². The zero-order valence-corrected chi connectivity index (χ0v) is 11.8. The highest BCUT2D eigenvalue weighted by Gasteiger charge is 2.23. The monoisotopic (exact) mass is 312 g/mol. The first-order valence-corrected chi connectivity index (χ1v) is 7.27. The average Bonchev–Trinajstić information content (AvgIpc) is 2.48. The van der Waals surface area contributed by atoms with Gasteiger partial charge in [-0.15, -0.1) is 0 Å². The van der Waals surface area contributed by atoms with Crippen molar-refractivity contribution < 1.29 is 22.2 Å². The molecule has 0 aliphatic carbocycles. The van der Waals surface area contributed by atoms with Gasteiger partial charge in [-0.1, -0.05) is 0 Å². The quantitative estimate of drug-likeness (QED) is 0.810. The summed E-state index contributed by atoms with van der Waals surface area (Å²) in [7, 11) is -1.83. The summed E-state index contributed by atoms with van der Waals surface area (Å²) in [6.45, 7) is 1.42. The second-order valence-corrected chi connectivity index (χ2v) is 6.16. The number of hydrogen-bond donors (Lipinski definition) is 0. The van der Waals surface area contributed by atoms with E-state index in [1.807, 2.05) is 0 Å². The first-order valence-electron chi connectivity index (χ1n) is 6.05. The second kappa shape index (κ2) is 6.22. The van der Waals surface area contributed by atoms with Gasteiger partial charge in [0.25, 0.3) is 0 Å². The van der Waals surface area contributed by atoms with Crippen molar-refractivity contribution >= 4 is 16.6 Å². The Balaban J connectivity index is 2.24. The van der Waals surface area contributed by atoms with E-state index < -0.39 is 39.3 Å². The molecule has 6 heteroatoms. The van der Waals surface area contributed by atoms with Gasteiger partial charge in [0, 0.05) is 10.5 Å². The topological polar surface area (TPSA) is 34.1 Å². The highest BCUT2D eigenvalue weighted by Crippen LogP contribution is 2.18. The van der Waals surface area contributed by atoms with Gasteiger partial charge in [-0.2, -0.15) is 0 Å². The molecule has 2 unspecified atom stereocenters. The summed E-state index contributed by atoms with van der Waals surface area (Å²) in [6.07, 6.45) is 0. The third kappa shape index (κ3) is 3.39. The van der Waals surface area contributed by atoms with Gasteiger partial charge in [0.15, 0.2) is 17.4 Å². The Hall–Kier alpha value is -1.95. The number of benzene rings is 2. The molecular weight excluding hydrogens is 301 g/mol. The van der Waals surface area contributed by atoms with E-state index in [2.05, 4.69) is 0 Å². The van der Waals surface area contributed by atoms with E-state index >= 15 is 0 Å². The smallest absolute Gasteiger partial charge is 0.178 e. The first kappa shape index (κ1) is 15.4. The molecule has 110 valence electrons.